The van der Waals surface area contributed by atoms with Crippen molar-refractivity contribution in [3.8, 4) is 0 Å². The Morgan fingerprint density at radius 3 is 2.83 bits per heavy atom. The first-order valence-electron chi connectivity index (χ1n) is 4.15. The first-order chi connectivity index (χ1) is 5.77. The molecule has 0 aromatic carbocycles. The van der Waals surface area contributed by atoms with Gasteiger partial charge >= 0.3 is 0 Å². The minimum absolute atomic E-state index is 0.160. The van der Waals surface area contributed by atoms with Crippen LogP contribution in [0.25, 0.3) is 0 Å². The van der Waals surface area contributed by atoms with Crippen molar-refractivity contribution < 1.29 is 5.11 Å². The Hall–Kier alpha value is -1.03. The summed E-state index contributed by atoms with van der Waals surface area (Å²) in [6, 6.07) is 0. The summed E-state index contributed by atoms with van der Waals surface area (Å²) in [5.74, 6) is 0.837. The smallest absolute Gasteiger partial charge is 0.203 e. The van der Waals surface area contributed by atoms with Crippen molar-refractivity contribution in [2.75, 3.05) is 24.6 Å². The normalized spacial score (nSPS) is 10.2. The van der Waals surface area contributed by atoms with Crippen molar-refractivity contribution in [1.29, 1.82) is 0 Å². The maximum absolute atomic E-state index is 8.75. The summed E-state index contributed by atoms with van der Waals surface area (Å²) in [4.78, 5) is 9.27. The zero-order valence-electron chi connectivity index (χ0n) is 7.54. The fraction of sp³-hybridized carbons (Fsp3) is 0.625. The van der Waals surface area contributed by atoms with Crippen LogP contribution in [0.5, 0.6) is 0 Å². The minimum atomic E-state index is 0.160. The number of hydrogen-bond donors (Lipinski definition) is 2. The molecule has 68 valence electrons. The van der Waals surface area contributed by atoms with Gasteiger partial charge in [0, 0.05) is 25.0 Å². The molecule has 4 heteroatoms. The lowest BCUT2D eigenvalue weighted by Gasteiger charge is -2.17. The predicted molar refractivity (Wildman–Crippen MR) is 48.3 cm³/mol. The van der Waals surface area contributed by atoms with Gasteiger partial charge in [-0.2, -0.15) is 0 Å². The number of rotatable bonds is 4. The average molecular weight is 169 g/mol. The van der Waals surface area contributed by atoms with Gasteiger partial charge in [-0.05, 0) is 13.8 Å². The van der Waals surface area contributed by atoms with E-state index in [0.29, 0.717) is 6.54 Å². The number of nitrogens with one attached hydrogen (secondary N) is 1. The Kier molecular flexibility index (Phi) is 3.10. The van der Waals surface area contributed by atoms with Crippen molar-refractivity contribution in [2.24, 2.45) is 0 Å². The number of anilines is 1. The van der Waals surface area contributed by atoms with E-state index in [1.54, 1.807) is 6.20 Å². The summed E-state index contributed by atoms with van der Waals surface area (Å²) in [6.07, 6.45) is 1.79. The van der Waals surface area contributed by atoms with E-state index in [-0.39, 0.29) is 6.61 Å². The maximum Gasteiger partial charge on any atom is 0.203 e. The predicted octanol–water partition coefficient (Wildman–Crippen LogP) is 0.537. The number of hydrogen-bond acceptors (Lipinski definition) is 3. The molecule has 1 heterocycles. The summed E-state index contributed by atoms with van der Waals surface area (Å²) in [6.45, 7) is 5.64. The third kappa shape index (κ3) is 1.98. The fourth-order valence-electron chi connectivity index (χ4n) is 1.09. The molecule has 2 N–H and O–H groups in total. The lowest BCUT2D eigenvalue weighted by atomic mass is 10.5. The molecule has 0 bridgehead atoms. The first-order valence-corrected chi connectivity index (χ1v) is 4.15. The number of imidazole rings is 1. The quantitative estimate of drug-likeness (QED) is 0.691. The Morgan fingerprint density at radius 1 is 1.67 bits per heavy atom. The highest BCUT2D eigenvalue weighted by molar-refractivity contribution is 5.30. The van der Waals surface area contributed by atoms with Crippen LogP contribution in [-0.4, -0.2) is 34.8 Å². The standard InChI is InChI=1S/C8H15N3O/c1-3-11(4-5-12)8-9-6-7(2)10-8/h6,12H,3-5H2,1-2H3,(H,9,10). The van der Waals surface area contributed by atoms with Crippen LogP contribution in [0.15, 0.2) is 6.20 Å². The summed E-state index contributed by atoms with van der Waals surface area (Å²) >= 11 is 0. The van der Waals surface area contributed by atoms with E-state index in [4.69, 9.17) is 5.11 Å². The molecule has 12 heavy (non-hydrogen) atoms. The molecular weight excluding hydrogens is 154 g/mol. The van der Waals surface area contributed by atoms with Crippen LogP contribution in [0.1, 0.15) is 12.6 Å². The van der Waals surface area contributed by atoms with Crippen LogP contribution >= 0.6 is 0 Å². The van der Waals surface area contributed by atoms with Crippen LogP contribution in [0, 0.1) is 6.92 Å². The van der Waals surface area contributed by atoms with E-state index >= 15 is 0 Å². The third-order valence-corrected chi connectivity index (χ3v) is 1.74. The number of H-pyrrole nitrogens is 1. The van der Waals surface area contributed by atoms with Gasteiger partial charge in [-0.15, -0.1) is 0 Å². The summed E-state index contributed by atoms with van der Waals surface area (Å²) in [5, 5.41) is 8.75. The number of nitrogens with zero attached hydrogens (tertiary/aromatic N) is 2. The highest BCUT2D eigenvalue weighted by atomic mass is 16.3. The van der Waals surface area contributed by atoms with E-state index in [0.717, 1.165) is 18.2 Å². The lowest BCUT2D eigenvalue weighted by molar-refractivity contribution is 0.302. The van der Waals surface area contributed by atoms with E-state index in [1.807, 2.05) is 18.7 Å². The molecule has 0 atom stereocenters. The number of aromatic nitrogens is 2. The second-order valence-corrected chi connectivity index (χ2v) is 2.69. The third-order valence-electron chi connectivity index (χ3n) is 1.74. The van der Waals surface area contributed by atoms with Crippen LogP contribution in [0.3, 0.4) is 0 Å². The van der Waals surface area contributed by atoms with Gasteiger partial charge in [0.15, 0.2) is 0 Å². The van der Waals surface area contributed by atoms with Crippen LogP contribution in [-0.2, 0) is 0 Å². The highest BCUT2D eigenvalue weighted by Gasteiger charge is 2.05. The van der Waals surface area contributed by atoms with Crippen molar-refractivity contribution in [3.63, 3.8) is 0 Å². The molecule has 4 nitrogen and oxygen atoms in total. The molecule has 0 saturated carbocycles. The number of likely N-dealkylation sites (N-methyl/N-ethyl adjacent to an activating group) is 1. The zero-order valence-corrected chi connectivity index (χ0v) is 7.54. The SMILES string of the molecule is CCN(CCO)c1ncc(C)[nH]1. The molecule has 0 radical (unpaired) electrons. The highest BCUT2D eigenvalue weighted by Crippen LogP contribution is 2.06. The van der Waals surface area contributed by atoms with Gasteiger partial charge in [0.2, 0.25) is 5.95 Å². The molecule has 0 spiro atoms. The molecule has 0 saturated heterocycles. The van der Waals surface area contributed by atoms with E-state index in [2.05, 4.69) is 9.97 Å². The molecule has 0 amide bonds. The topological polar surface area (TPSA) is 52.1 Å². The maximum atomic E-state index is 8.75. The molecule has 0 aliphatic rings. The van der Waals surface area contributed by atoms with E-state index in [1.165, 1.54) is 0 Å². The van der Waals surface area contributed by atoms with Gasteiger partial charge in [0.25, 0.3) is 0 Å². The van der Waals surface area contributed by atoms with Gasteiger partial charge in [-0.25, -0.2) is 4.98 Å². The molecule has 1 aromatic rings. The molecule has 1 aromatic heterocycles. The zero-order chi connectivity index (χ0) is 8.97. The average Bonchev–Trinajstić information content (AvgIpc) is 2.47. The number of aliphatic hydroxyl groups excluding tert-OH is 1. The van der Waals surface area contributed by atoms with Gasteiger partial charge in [0.1, 0.15) is 0 Å². The van der Waals surface area contributed by atoms with E-state index < -0.39 is 0 Å². The molecule has 0 fully saturated rings. The van der Waals surface area contributed by atoms with Crippen LogP contribution in [0.4, 0.5) is 5.95 Å². The summed E-state index contributed by atoms with van der Waals surface area (Å²) in [5.41, 5.74) is 1.04. The largest absolute Gasteiger partial charge is 0.395 e. The molecule has 0 aliphatic carbocycles. The molecule has 0 aliphatic heterocycles. The second kappa shape index (κ2) is 4.11. The number of aromatic amines is 1. The first kappa shape index (κ1) is 9.06. The molecule has 1 rings (SSSR count). The second-order valence-electron chi connectivity index (χ2n) is 2.69. The van der Waals surface area contributed by atoms with Crippen LogP contribution in [0.2, 0.25) is 0 Å². The van der Waals surface area contributed by atoms with Gasteiger partial charge in [-0.1, -0.05) is 0 Å². The van der Waals surface area contributed by atoms with Crippen LogP contribution < -0.4 is 4.90 Å². The Balaban J connectivity index is 2.66. The number of aliphatic hydroxyl groups is 1. The molecule has 0 unspecified atom stereocenters. The Bertz CT molecular complexity index is 234. The Labute approximate surface area is 72.2 Å². The monoisotopic (exact) mass is 169 g/mol. The van der Waals surface area contributed by atoms with Crippen molar-refractivity contribution >= 4 is 5.95 Å². The summed E-state index contributed by atoms with van der Waals surface area (Å²) < 4.78 is 0. The van der Waals surface area contributed by atoms with E-state index in [9.17, 15) is 0 Å². The van der Waals surface area contributed by atoms with Gasteiger partial charge in [-0.3, -0.25) is 0 Å². The fourth-order valence-corrected chi connectivity index (χ4v) is 1.09. The number of aryl methyl sites for hydroxylation is 1. The van der Waals surface area contributed by atoms with Crippen molar-refractivity contribution in [3.05, 3.63) is 11.9 Å². The van der Waals surface area contributed by atoms with Gasteiger partial charge in [0.05, 0.1) is 6.61 Å². The van der Waals surface area contributed by atoms with Crippen molar-refractivity contribution in [1.82, 2.24) is 9.97 Å². The Morgan fingerprint density at radius 2 is 2.42 bits per heavy atom. The van der Waals surface area contributed by atoms with Gasteiger partial charge < -0.3 is 15.0 Å². The minimum Gasteiger partial charge on any atom is -0.395 e. The van der Waals surface area contributed by atoms with Crippen molar-refractivity contribution in [2.45, 2.75) is 13.8 Å². The molecular formula is C8H15N3O. The lowest BCUT2D eigenvalue weighted by Crippen LogP contribution is -2.27. The summed E-state index contributed by atoms with van der Waals surface area (Å²) in [7, 11) is 0.